The van der Waals surface area contributed by atoms with E-state index in [4.69, 9.17) is 14.2 Å². The van der Waals surface area contributed by atoms with E-state index in [1.165, 1.54) is 12.0 Å². The molecule has 1 saturated carbocycles. The summed E-state index contributed by atoms with van der Waals surface area (Å²) in [6.07, 6.45) is 5.34. The van der Waals surface area contributed by atoms with Crippen molar-refractivity contribution < 1.29 is 14.2 Å². The topological polar surface area (TPSA) is 27.7 Å². The number of halogens is 1. The third kappa shape index (κ3) is 4.33. The molecule has 112 valence electrons. The number of methoxy groups -OCH3 is 2. The molecule has 0 heterocycles. The van der Waals surface area contributed by atoms with Gasteiger partial charge in [-0.2, -0.15) is 0 Å². The molecule has 20 heavy (non-hydrogen) atoms. The van der Waals surface area contributed by atoms with Crippen LogP contribution in [0, 0.1) is 0 Å². The zero-order chi connectivity index (χ0) is 14.4. The minimum atomic E-state index is 0.155. The Bertz CT molecular complexity index is 393. The van der Waals surface area contributed by atoms with Gasteiger partial charge in [-0.15, -0.1) is 0 Å². The van der Waals surface area contributed by atoms with Crippen molar-refractivity contribution >= 4 is 22.6 Å². The molecule has 0 N–H and O–H groups in total. The summed E-state index contributed by atoms with van der Waals surface area (Å²) in [6.45, 7) is 0. The number of hydrogen-bond acceptors (Lipinski definition) is 3. The minimum absolute atomic E-state index is 0.155. The zero-order valence-electron chi connectivity index (χ0n) is 12.2. The zero-order valence-corrected chi connectivity index (χ0v) is 14.3. The predicted molar refractivity (Wildman–Crippen MR) is 88.8 cm³/mol. The van der Waals surface area contributed by atoms with Gasteiger partial charge in [-0.1, -0.05) is 34.7 Å². The van der Waals surface area contributed by atoms with Crippen molar-refractivity contribution in [1.29, 1.82) is 0 Å². The Morgan fingerprint density at radius 3 is 2.45 bits per heavy atom. The van der Waals surface area contributed by atoms with Gasteiger partial charge in [0, 0.05) is 11.5 Å². The summed E-state index contributed by atoms with van der Waals surface area (Å²) in [4.78, 5) is 0. The summed E-state index contributed by atoms with van der Waals surface area (Å²) in [6, 6.07) is 8.19. The predicted octanol–water partition coefficient (Wildman–Crippen LogP) is 4.15. The normalized spacial score (nSPS) is 24.4. The van der Waals surface area contributed by atoms with E-state index >= 15 is 0 Å². The average molecular weight is 390 g/mol. The van der Waals surface area contributed by atoms with Crippen LogP contribution in [0.1, 0.15) is 37.4 Å². The lowest BCUT2D eigenvalue weighted by molar-refractivity contribution is -0.0578. The molecule has 1 fully saturated rings. The number of alkyl halides is 1. The van der Waals surface area contributed by atoms with Gasteiger partial charge in [-0.05, 0) is 43.4 Å². The van der Waals surface area contributed by atoms with Crippen LogP contribution in [-0.4, -0.2) is 30.9 Å². The Morgan fingerprint density at radius 2 is 1.85 bits per heavy atom. The molecule has 1 aromatic carbocycles. The van der Waals surface area contributed by atoms with Crippen LogP contribution in [0.25, 0.3) is 0 Å². The highest BCUT2D eigenvalue weighted by Crippen LogP contribution is 2.30. The Morgan fingerprint density at radius 1 is 1.15 bits per heavy atom. The Labute approximate surface area is 135 Å². The molecule has 1 aliphatic rings. The second-order valence-corrected chi connectivity index (χ2v) is 6.08. The molecule has 3 unspecified atom stereocenters. The van der Waals surface area contributed by atoms with Gasteiger partial charge in [0.1, 0.15) is 5.75 Å². The standard InChI is InChI=1S/C16H23IO3/c1-18-13-8-6-12(7-9-13)16(11-17)20-15-5-3-4-14(10-15)19-2/h6-9,14-16H,3-5,10-11H2,1-2H3. The van der Waals surface area contributed by atoms with Gasteiger partial charge in [0.2, 0.25) is 0 Å². The van der Waals surface area contributed by atoms with Crippen LogP contribution in [0.5, 0.6) is 5.75 Å². The van der Waals surface area contributed by atoms with Crippen molar-refractivity contribution in [3.05, 3.63) is 29.8 Å². The van der Waals surface area contributed by atoms with Crippen molar-refractivity contribution in [3.8, 4) is 5.75 Å². The van der Waals surface area contributed by atoms with E-state index in [2.05, 4.69) is 34.7 Å². The first-order valence-electron chi connectivity index (χ1n) is 7.15. The van der Waals surface area contributed by atoms with Crippen LogP contribution >= 0.6 is 22.6 Å². The summed E-state index contributed by atoms with van der Waals surface area (Å²) < 4.78 is 17.9. The monoisotopic (exact) mass is 390 g/mol. The maximum Gasteiger partial charge on any atom is 0.118 e. The molecule has 0 aliphatic heterocycles. The van der Waals surface area contributed by atoms with Crippen molar-refractivity contribution in [2.75, 3.05) is 18.6 Å². The average Bonchev–Trinajstić information content (AvgIpc) is 2.53. The van der Waals surface area contributed by atoms with Crippen LogP contribution in [-0.2, 0) is 9.47 Å². The summed E-state index contributed by atoms with van der Waals surface area (Å²) in [5, 5.41) is 0. The molecule has 0 aromatic heterocycles. The van der Waals surface area contributed by atoms with Crippen LogP contribution in [0.15, 0.2) is 24.3 Å². The van der Waals surface area contributed by atoms with E-state index < -0.39 is 0 Å². The molecule has 1 aromatic rings. The molecule has 3 nitrogen and oxygen atoms in total. The SMILES string of the molecule is COc1ccc(C(CI)OC2CCCC(OC)C2)cc1. The second-order valence-electron chi connectivity index (χ2n) is 5.20. The maximum absolute atomic E-state index is 6.30. The molecule has 0 amide bonds. The first-order valence-corrected chi connectivity index (χ1v) is 8.67. The van der Waals surface area contributed by atoms with E-state index in [9.17, 15) is 0 Å². The van der Waals surface area contributed by atoms with Crippen LogP contribution < -0.4 is 4.74 Å². The number of benzene rings is 1. The van der Waals surface area contributed by atoms with Crippen LogP contribution in [0.2, 0.25) is 0 Å². The molecule has 0 bridgehead atoms. The van der Waals surface area contributed by atoms with Crippen LogP contribution in [0.3, 0.4) is 0 Å². The van der Waals surface area contributed by atoms with Crippen molar-refractivity contribution in [1.82, 2.24) is 0 Å². The highest BCUT2D eigenvalue weighted by Gasteiger charge is 2.25. The first-order chi connectivity index (χ1) is 9.76. The molecule has 3 atom stereocenters. The third-order valence-corrected chi connectivity index (χ3v) is 4.70. The fourth-order valence-corrected chi connectivity index (χ4v) is 3.41. The van der Waals surface area contributed by atoms with Crippen molar-refractivity contribution in [2.45, 2.75) is 44.0 Å². The number of rotatable bonds is 6. The Hall–Kier alpha value is -0.330. The lowest BCUT2D eigenvalue weighted by Gasteiger charge is -2.31. The molecule has 2 rings (SSSR count). The number of hydrogen-bond donors (Lipinski definition) is 0. The Kier molecular flexibility index (Phi) is 6.58. The third-order valence-electron chi connectivity index (χ3n) is 3.90. The van der Waals surface area contributed by atoms with Crippen LogP contribution in [0.4, 0.5) is 0 Å². The largest absolute Gasteiger partial charge is 0.497 e. The van der Waals surface area contributed by atoms with Gasteiger partial charge in [0.15, 0.2) is 0 Å². The first kappa shape index (κ1) is 16.0. The van der Waals surface area contributed by atoms with Gasteiger partial charge in [0.05, 0.1) is 25.4 Å². The molecule has 0 spiro atoms. The molecule has 1 aliphatic carbocycles. The van der Waals surface area contributed by atoms with E-state index in [0.717, 1.165) is 29.4 Å². The Balaban J connectivity index is 1.97. The number of ether oxygens (including phenoxy) is 3. The van der Waals surface area contributed by atoms with Gasteiger partial charge in [-0.25, -0.2) is 0 Å². The summed E-state index contributed by atoms with van der Waals surface area (Å²) in [7, 11) is 3.49. The van der Waals surface area contributed by atoms with Gasteiger partial charge in [0.25, 0.3) is 0 Å². The van der Waals surface area contributed by atoms with E-state index in [1.807, 2.05) is 12.1 Å². The van der Waals surface area contributed by atoms with Gasteiger partial charge < -0.3 is 14.2 Å². The summed E-state index contributed by atoms with van der Waals surface area (Å²) in [5.41, 5.74) is 1.22. The van der Waals surface area contributed by atoms with E-state index in [1.54, 1.807) is 14.2 Å². The summed E-state index contributed by atoms with van der Waals surface area (Å²) in [5.74, 6) is 0.887. The van der Waals surface area contributed by atoms with E-state index in [0.29, 0.717) is 12.2 Å². The summed E-state index contributed by atoms with van der Waals surface area (Å²) >= 11 is 2.39. The van der Waals surface area contributed by atoms with E-state index in [-0.39, 0.29) is 6.10 Å². The van der Waals surface area contributed by atoms with Gasteiger partial charge >= 0.3 is 0 Å². The fourth-order valence-electron chi connectivity index (χ4n) is 2.69. The molecular formula is C16H23IO3. The molecule has 0 radical (unpaired) electrons. The lowest BCUT2D eigenvalue weighted by atomic mass is 9.94. The minimum Gasteiger partial charge on any atom is -0.497 e. The fraction of sp³-hybridized carbons (Fsp3) is 0.625. The van der Waals surface area contributed by atoms with Gasteiger partial charge in [-0.3, -0.25) is 0 Å². The quantitative estimate of drug-likeness (QED) is 0.540. The maximum atomic E-state index is 6.30. The van der Waals surface area contributed by atoms with Crippen molar-refractivity contribution in [2.24, 2.45) is 0 Å². The van der Waals surface area contributed by atoms with Crippen molar-refractivity contribution in [3.63, 3.8) is 0 Å². The molecular weight excluding hydrogens is 367 g/mol. The molecule has 4 heteroatoms. The lowest BCUT2D eigenvalue weighted by Crippen LogP contribution is -2.29. The molecule has 0 saturated heterocycles. The second kappa shape index (κ2) is 8.20. The smallest absolute Gasteiger partial charge is 0.118 e. The highest BCUT2D eigenvalue weighted by atomic mass is 127. The highest BCUT2D eigenvalue weighted by molar-refractivity contribution is 14.1.